The summed E-state index contributed by atoms with van der Waals surface area (Å²) in [4.78, 5) is 4.93. The second-order valence-corrected chi connectivity index (χ2v) is 4.91. The van der Waals surface area contributed by atoms with Crippen molar-refractivity contribution in [3.05, 3.63) is 18.3 Å². The van der Waals surface area contributed by atoms with E-state index in [0.717, 1.165) is 4.80 Å². The van der Waals surface area contributed by atoms with E-state index in [1.54, 1.807) is 0 Å². The Morgan fingerprint density at radius 3 is 2.83 bits per heavy atom. The van der Waals surface area contributed by atoms with E-state index in [2.05, 4.69) is 30.5 Å². The van der Waals surface area contributed by atoms with Crippen LogP contribution in [0.15, 0.2) is 23.2 Å². The van der Waals surface area contributed by atoms with E-state index >= 15 is 0 Å². The molecule has 18 heavy (non-hydrogen) atoms. The van der Waals surface area contributed by atoms with E-state index in [0.29, 0.717) is 0 Å². The number of tetrazole rings is 1. The molecule has 0 aliphatic carbocycles. The van der Waals surface area contributed by atoms with Crippen molar-refractivity contribution >= 4 is 21.8 Å². The highest BCUT2D eigenvalue weighted by Crippen LogP contribution is 2.14. The molecule has 0 fully saturated rings. The lowest BCUT2D eigenvalue weighted by molar-refractivity contribution is 0.600. The number of nitrogens with one attached hydrogen (secondary N) is 2. The number of nitrogen functional groups attached to an aromatic ring is 1. The molecule has 0 unspecified atom stereocenters. The second kappa shape index (κ2) is 4.54. The maximum absolute atomic E-state index is 12.0. The van der Waals surface area contributed by atoms with Gasteiger partial charge in [0.1, 0.15) is 5.82 Å². The van der Waals surface area contributed by atoms with Gasteiger partial charge < -0.3 is 5.43 Å². The molecule has 0 bridgehead atoms. The summed E-state index contributed by atoms with van der Waals surface area (Å²) < 4.78 is 26.1. The van der Waals surface area contributed by atoms with Gasteiger partial charge in [0, 0.05) is 12.3 Å². The number of rotatable bonds is 4. The van der Waals surface area contributed by atoms with Crippen LogP contribution in [0.25, 0.3) is 0 Å². The molecule has 0 amide bonds. The van der Waals surface area contributed by atoms with Crippen molar-refractivity contribution in [3.63, 3.8) is 0 Å². The largest absolute Gasteiger partial charge is 0.308 e. The summed E-state index contributed by atoms with van der Waals surface area (Å²) in [6.07, 6.45) is 1.31. The maximum Gasteiger partial charge on any atom is 0.277 e. The molecule has 0 aliphatic rings. The monoisotopic (exact) mass is 270 g/mol. The van der Waals surface area contributed by atoms with Crippen molar-refractivity contribution in [1.82, 2.24) is 25.2 Å². The summed E-state index contributed by atoms with van der Waals surface area (Å²) in [6, 6.07) is 2.60. The summed E-state index contributed by atoms with van der Waals surface area (Å²) in [5.74, 6) is 5.26. The molecule has 0 radical (unpaired) electrons. The van der Waals surface area contributed by atoms with Crippen LogP contribution in [0, 0.1) is 0 Å². The minimum atomic E-state index is -3.80. The van der Waals surface area contributed by atoms with Crippen molar-refractivity contribution in [2.75, 3.05) is 10.1 Å². The molecule has 2 rings (SSSR count). The molecule has 0 atom stereocenters. The number of hydrazine groups is 1. The lowest BCUT2D eigenvalue weighted by Crippen LogP contribution is -2.15. The molecule has 0 spiro atoms. The Labute approximate surface area is 102 Å². The van der Waals surface area contributed by atoms with Gasteiger partial charge in [-0.25, -0.2) is 24.0 Å². The first kappa shape index (κ1) is 12.2. The molecule has 2 aromatic heterocycles. The van der Waals surface area contributed by atoms with Crippen LogP contribution in [0.5, 0.6) is 0 Å². The van der Waals surface area contributed by atoms with Gasteiger partial charge in [0.15, 0.2) is 0 Å². The van der Waals surface area contributed by atoms with Gasteiger partial charge in [-0.3, -0.25) is 0 Å². The van der Waals surface area contributed by atoms with Gasteiger partial charge in [-0.2, -0.15) is 4.80 Å². The number of hydrogen-bond donors (Lipinski definition) is 3. The quantitative estimate of drug-likeness (QED) is 0.459. The van der Waals surface area contributed by atoms with Crippen molar-refractivity contribution in [2.45, 2.75) is 4.90 Å². The van der Waals surface area contributed by atoms with Crippen molar-refractivity contribution in [1.29, 1.82) is 0 Å². The highest BCUT2D eigenvalue weighted by molar-refractivity contribution is 7.92. The van der Waals surface area contributed by atoms with Gasteiger partial charge in [0.25, 0.3) is 16.0 Å². The van der Waals surface area contributed by atoms with Crippen LogP contribution in [0.4, 0.5) is 11.8 Å². The predicted octanol–water partition coefficient (Wildman–Crippen LogP) is -1.31. The van der Waals surface area contributed by atoms with Gasteiger partial charge in [0.2, 0.25) is 0 Å². The fraction of sp³-hybridized carbons (Fsp3) is 0.143. The average molecular weight is 270 g/mol. The third kappa shape index (κ3) is 2.52. The van der Waals surface area contributed by atoms with Crippen LogP contribution in [-0.2, 0) is 17.1 Å². The number of sulfonamides is 1. The van der Waals surface area contributed by atoms with Crippen molar-refractivity contribution < 1.29 is 8.42 Å². The Bertz CT molecular complexity index is 651. The van der Waals surface area contributed by atoms with Gasteiger partial charge in [0.05, 0.1) is 11.9 Å². The number of nitrogens with zero attached hydrogens (tertiary/aromatic N) is 5. The van der Waals surface area contributed by atoms with Crippen LogP contribution in [0.3, 0.4) is 0 Å². The zero-order valence-electron chi connectivity index (χ0n) is 9.27. The number of nitrogens with two attached hydrogens (primary N) is 1. The van der Waals surface area contributed by atoms with Crippen LogP contribution >= 0.6 is 0 Å². The molecular formula is C7H10N8O2S. The van der Waals surface area contributed by atoms with E-state index < -0.39 is 10.0 Å². The summed E-state index contributed by atoms with van der Waals surface area (Å²) in [5, 5.41) is 10.7. The van der Waals surface area contributed by atoms with Gasteiger partial charge in [-0.05, 0) is 11.3 Å². The van der Waals surface area contributed by atoms with E-state index in [4.69, 9.17) is 5.84 Å². The molecule has 0 saturated heterocycles. The molecular weight excluding hydrogens is 260 g/mol. The van der Waals surface area contributed by atoms with Crippen LogP contribution in [0.1, 0.15) is 0 Å². The van der Waals surface area contributed by atoms with Crippen molar-refractivity contribution in [3.8, 4) is 0 Å². The Morgan fingerprint density at radius 2 is 2.22 bits per heavy atom. The summed E-state index contributed by atoms with van der Waals surface area (Å²) in [7, 11) is -2.27. The molecule has 11 heteroatoms. The van der Waals surface area contributed by atoms with E-state index in [-0.39, 0.29) is 16.7 Å². The zero-order valence-corrected chi connectivity index (χ0v) is 10.1. The highest BCUT2D eigenvalue weighted by Gasteiger charge is 2.17. The molecule has 0 saturated carbocycles. The minimum Gasteiger partial charge on any atom is -0.308 e. The maximum atomic E-state index is 12.0. The zero-order chi connectivity index (χ0) is 13.2. The molecule has 0 aliphatic heterocycles. The summed E-state index contributed by atoms with van der Waals surface area (Å²) in [6.45, 7) is 0. The van der Waals surface area contributed by atoms with E-state index in [9.17, 15) is 8.42 Å². The van der Waals surface area contributed by atoms with Crippen LogP contribution < -0.4 is 16.0 Å². The third-order valence-electron chi connectivity index (χ3n) is 1.92. The topological polar surface area (TPSA) is 141 Å². The molecule has 2 heterocycles. The first-order valence-electron chi connectivity index (χ1n) is 4.71. The van der Waals surface area contributed by atoms with Gasteiger partial charge in [-0.1, -0.05) is 5.10 Å². The van der Waals surface area contributed by atoms with Crippen molar-refractivity contribution in [2.24, 2.45) is 12.9 Å². The number of pyridine rings is 1. The number of hydrogen-bond acceptors (Lipinski definition) is 8. The average Bonchev–Trinajstić information content (AvgIpc) is 2.74. The standard InChI is InChI=1S/C7H10N8O2S/c1-15-12-7(11-14-15)13-18(16,17)5-2-3-9-6(4-5)10-8/h2-4H,8H2,1H3,(H,9,10)(H,12,13). The van der Waals surface area contributed by atoms with Gasteiger partial charge >= 0.3 is 0 Å². The predicted molar refractivity (Wildman–Crippen MR) is 61.7 cm³/mol. The minimum absolute atomic E-state index is 0.0158. The first-order valence-corrected chi connectivity index (χ1v) is 6.19. The first-order chi connectivity index (χ1) is 8.51. The lowest BCUT2D eigenvalue weighted by Gasteiger charge is -2.05. The van der Waals surface area contributed by atoms with E-state index in [1.165, 1.54) is 25.4 Å². The summed E-state index contributed by atoms with van der Waals surface area (Å²) >= 11 is 0. The Hall–Kier alpha value is -2.27. The lowest BCUT2D eigenvalue weighted by atomic mass is 10.5. The third-order valence-corrected chi connectivity index (χ3v) is 3.25. The van der Waals surface area contributed by atoms with Crippen LogP contribution in [0.2, 0.25) is 0 Å². The Kier molecular flexibility index (Phi) is 3.08. The molecule has 96 valence electrons. The number of aryl methyl sites for hydroxylation is 1. The van der Waals surface area contributed by atoms with E-state index in [1.807, 2.05) is 0 Å². The molecule has 0 aromatic carbocycles. The Balaban J connectivity index is 2.30. The van der Waals surface area contributed by atoms with Crippen LogP contribution in [-0.4, -0.2) is 33.6 Å². The van der Waals surface area contributed by atoms with Gasteiger partial charge in [-0.15, -0.1) is 5.10 Å². The number of anilines is 2. The Morgan fingerprint density at radius 1 is 1.44 bits per heavy atom. The molecule has 10 nitrogen and oxygen atoms in total. The molecule has 4 N–H and O–H groups in total. The fourth-order valence-electron chi connectivity index (χ4n) is 1.16. The SMILES string of the molecule is Cn1nnc(NS(=O)(=O)c2ccnc(NN)c2)n1. The fourth-order valence-corrected chi connectivity index (χ4v) is 2.11. The molecule has 2 aromatic rings. The normalized spacial score (nSPS) is 11.2. The summed E-state index contributed by atoms with van der Waals surface area (Å²) in [5.41, 5.74) is 2.26. The number of aromatic nitrogens is 5. The smallest absolute Gasteiger partial charge is 0.277 e. The second-order valence-electron chi connectivity index (χ2n) is 3.23. The highest BCUT2D eigenvalue weighted by atomic mass is 32.2.